The van der Waals surface area contributed by atoms with Gasteiger partial charge < -0.3 is 5.32 Å². The van der Waals surface area contributed by atoms with Crippen LogP contribution in [0.2, 0.25) is 0 Å². The summed E-state index contributed by atoms with van der Waals surface area (Å²) in [5.74, 6) is 0.223. The lowest BCUT2D eigenvalue weighted by atomic mass is 10.1. The summed E-state index contributed by atoms with van der Waals surface area (Å²) in [4.78, 5) is 2.39. The molecule has 0 aromatic heterocycles. The number of nitrogens with one attached hydrogen (secondary N) is 1. The van der Waals surface area contributed by atoms with E-state index in [2.05, 4.69) is 10.2 Å². The fourth-order valence-corrected chi connectivity index (χ4v) is 3.27. The second-order valence-corrected chi connectivity index (χ2v) is 6.41. The third-order valence-electron chi connectivity index (χ3n) is 3.25. The van der Waals surface area contributed by atoms with Crippen LogP contribution in [0.5, 0.6) is 0 Å². The molecule has 0 aromatic rings. The van der Waals surface area contributed by atoms with Crippen molar-refractivity contribution in [3.63, 3.8) is 0 Å². The van der Waals surface area contributed by atoms with E-state index in [-0.39, 0.29) is 5.75 Å². The average Bonchev–Trinajstić information content (AvgIpc) is 2.17. The Labute approximate surface area is 91.5 Å². The highest BCUT2D eigenvalue weighted by Crippen LogP contribution is 2.19. The van der Waals surface area contributed by atoms with Crippen molar-refractivity contribution in [3.8, 4) is 0 Å². The molecule has 5 nitrogen and oxygen atoms in total. The van der Waals surface area contributed by atoms with E-state index < -0.39 is 10.0 Å². The number of hydrogen-bond acceptors (Lipinski definition) is 4. The topological polar surface area (TPSA) is 52.7 Å². The molecule has 0 radical (unpaired) electrons. The maximum Gasteiger partial charge on any atom is 0.213 e. The van der Waals surface area contributed by atoms with Gasteiger partial charge in [0.2, 0.25) is 10.0 Å². The van der Waals surface area contributed by atoms with Crippen LogP contribution < -0.4 is 5.32 Å². The first-order chi connectivity index (χ1) is 7.13. The van der Waals surface area contributed by atoms with Crippen LogP contribution in [0, 0.1) is 0 Å². The standard InChI is InChI=1S/C9H19N3O2S/c1-2-15(13,14)12-7-9(8-12)11-5-3-10-4-6-11/h9-10H,2-8H2,1H3. The van der Waals surface area contributed by atoms with Crippen molar-refractivity contribution in [2.45, 2.75) is 13.0 Å². The highest BCUT2D eigenvalue weighted by Gasteiger charge is 2.37. The average molecular weight is 233 g/mol. The Kier molecular flexibility index (Phi) is 3.30. The van der Waals surface area contributed by atoms with Crippen LogP contribution in [0.1, 0.15) is 6.92 Å². The largest absolute Gasteiger partial charge is 0.314 e. The first kappa shape index (κ1) is 11.3. The molecule has 2 aliphatic heterocycles. The molecule has 15 heavy (non-hydrogen) atoms. The van der Waals surface area contributed by atoms with Crippen molar-refractivity contribution < 1.29 is 8.42 Å². The van der Waals surface area contributed by atoms with Gasteiger partial charge in [-0.2, -0.15) is 4.31 Å². The molecule has 0 bridgehead atoms. The number of sulfonamides is 1. The summed E-state index contributed by atoms with van der Waals surface area (Å²) in [5.41, 5.74) is 0. The van der Waals surface area contributed by atoms with E-state index in [0.29, 0.717) is 19.1 Å². The van der Waals surface area contributed by atoms with Gasteiger partial charge in [-0.05, 0) is 6.92 Å². The predicted octanol–water partition coefficient (Wildman–Crippen LogP) is -1.07. The van der Waals surface area contributed by atoms with Gasteiger partial charge in [0.15, 0.2) is 0 Å². The molecule has 2 rings (SSSR count). The molecule has 0 amide bonds. The van der Waals surface area contributed by atoms with Crippen LogP contribution in [0.25, 0.3) is 0 Å². The Hall–Kier alpha value is -0.170. The molecular formula is C9H19N3O2S. The van der Waals surface area contributed by atoms with Gasteiger partial charge in [-0.3, -0.25) is 4.90 Å². The molecule has 88 valence electrons. The Morgan fingerprint density at radius 3 is 2.40 bits per heavy atom. The van der Waals surface area contributed by atoms with E-state index in [1.54, 1.807) is 11.2 Å². The fraction of sp³-hybridized carbons (Fsp3) is 1.00. The molecule has 2 saturated heterocycles. The van der Waals surface area contributed by atoms with Crippen molar-refractivity contribution in [2.75, 3.05) is 45.0 Å². The van der Waals surface area contributed by atoms with Crippen LogP contribution >= 0.6 is 0 Å². The van der Waals surface area contributed by atoms with Gasteiger partial charge in [0, 0.05) is 45.3 Å². The molecule has 0 aliphatic carbocycles. The van der Waals surface area contributed by atoms with Gasteiger partial charge >= 0.3 is 0 Å². The first-order valence-corrected chi connectivity index (χ1v) is 7.17. The summed E-state index contributed by atoms with van der Waals surface area (Å²) in [6.45, 7) is 7.23. The maximum absolute atomic E-state index is 11.5. The highest BCUT2D eigenvalue weighted by molar-refractivity contribution is 7.89. The van der Waals surface area contributed by atoms with Crippen LogP contribution in [0.15, 0.2) is 0 Å². The molecule has 2 fully saturated rings. The third kappa shape index (κ3) is 2.33. The second-order valence-electron chi connectivity index (χ2n) is 4.16. The number of rotatable bonds is 3. The highest BCUT2D eigenvalue weighted by atomic mass is 32.2. The number of hydrogen-bond donors (Lipinski definition) is 1. The molecule has 0 unspecified atom stereocenters. The second kappa shape index (κ2) is 4.37. The monoisotopic (exact) mass is 233 g/mol. The summed E-state index contributed by atoms with van der Waals surface area (Å²) in [6.07, 6.45) is 0. The molecule has 0 spiro atoms. The molecule has 2 heterocycles. The maximum atomic E-state index is 11.5. The van der Waals surface area contributed by atoms with Gasteiger partial charge in [0.1, 0.15) is 0 Å². The summed E-state index contributed by atoms with van der Waals surface area (Å²) in [7, 11) is -2.94. The summed E-state index contributed by atoms with van der Waals surface area (Å²) < 4.78 is 24.6. The van der Waals surface area contributed by atoms with Crippen molar-refractivity contribution >= 4 is 10.0 Å². The summed E-state index contributed by atoms with van der Waals surface area (Å²) in [6, 6.07) is 0.452. The summed E-state index contributed by atoms with van der Waals surface area (Å²) in [5, 5.41) is 3.30. The Bertz CT molecular complexity index is 305. The zero-order chi connectivity index (χ0) is 10.9. The van der Waals surface area contributed by atoms with E-state index in [1.807, 2.05) is 0 Å². The minimum atomic E-state index is -2.94. The molecule has 1 N–H and O–H groups in total. The fourth-order valence-electron chi connectivity index (χ4n) is 2.10. The molecule has 6 heteroatoms. The smallest absolute Gasteiger partial charge is 0.213 e. The van der Waals surface area contributed by atoms with E-state index in [0.717, 1.165) is 26.2 Å². The molecule has 0 aromatic carbocycles. The van der Waals surface area contributed by atoms with E-state index in [1.165, 1.54) is 0 Å². The Morgan fingerprint density at radius 2 is 1.87 bits per heavy atom. The minimum Gasteiger partial charge on any atom is -0.314 e. The van der Waals surface area contributed by atoms with Crippen molar-refractivity contribution in [2.24, 2.45) is 0 Å². The lowest BCUT2D eigenvalue weighted by Gasteiger charge is -2.45. The number of nitrogens with zero attached hydrogens (tertiary/aromatic N) is 2. The first-order valence-electron chi connectivity index (χ1n) is 5.56. The predicted molar refractivity (Wildman–Crippen MR) is 59.3 cm³/mol. The summed E-state index contributed by atoms with van der Waals surface area (Å²) >= 11 is 0. The van der Waals surface area contributed by atoms with Gasteiger partial charge in [-0.25, -0.2) is 8.42 Å². The van der Waals surface area contributed by atoms with Crippen molar-refractivity contribution in [3.05, 3.63) is 0 Å². The lowest BCUT2D eigenvalue weighted by Crippen LogP contribution is -2.63. The molecular weight excluding hydrogens is 214 g/mol. The molecule has 0 saturated carbocycles. The van der Waals surface area contributed by atoms with Gasteiger partial charge in [-0.15, -0.1) is 0 Å². The zero-order valence-electron chi connectivity index (χ0n) is 9.15. The van der Waals surface area contributed by atoms with Crippen LogP contribution in [-0.4, -0.2) is 68.7 Å². The van der Waals surface area contributed by atoms with Crippen molar-refractivity contribution in [1.82, 2.24) is 14.5 Å². The Balaban J connectivity index is 1.82. The third-order valence-corrected chi connectivity index (χ3v) is 5.07. The van der Waals surface area contributed by atoms with E-state index >= 15 is 0 Å². The van der Waals surface area contributed by atoms with Gasteiger partial charge in [-0.1, -0.05) is 0 Å². The Morgan fingerprint density at radius 1 is 1.27 bits per heavy atom. The quantitative estimate of drug-likeness (QED) is 0.674. The van der Waals surface area contributed by atoms with Crippen molar-refractivity contribution in [1.29, 1.82) is 0 Å². The molecule has 2 aliphatic rings. The van der Waals surface area contributed by atoms with E-state index in [4.69, 9.17) is 0 Å². The van der Waals surface area contributed by atoms with Gasteiger partial charge in [0.05, 0.1) is 5.75 Å². The molecule has 0 atom stereocenters. The van der Waals surface area contributed by atoms with Gasteiger partial charge in [0.25, 0.3) is 0 Å². The number of piperazine rings is 1. The van der Waals surface area contributed by atoms with Crippen LogP contribution in [0.4, 0.5) is 0 Å². The van der Waals surface area contributed by atoms with Crippen LogP contribution in [0.3, 0.4) is 0 Å². The van der Waals surface area contributed by atoms with Crippen LogP contribution in [-0.2, 0) is 10.0 Å². The van der Waals surface area contributed by atoms with E-state index in [9.17, 15) is 8.42 Å². The lowest BCUT2D eigenvalue weighted by molar-refractivity contribution is 0.0774. The minimum absolute atomic E-state index is 0.223. The SMILES string of the molecule is CCS(=O)(=O)N1CC(N2CCNCC2)C1. The zero-order valence-corrected chi connectivity index (χ0v) is 9.96. The normalized spacial score (nSPS) is 26.5.